The molecule has 0 aliphatic heterocycles. The molecule has 1 N–H and O–H groups in total. The molecule has 0 aliphatic carbocycles. The van der Waals surface area contributed by atoms with E-state index < -0.39 is 17.7 Å². The first-order valence-corrected chi connectivity index (χ1v) is 10.0. The molecule has 0 aliphatic rings. The maximum atomic E-state index is 13.0. The Labute approximate surface area is 189 Å². The summed E-state index contributed by atoms with van der Waals surface area (Å²) < 4.78 is 18.5. The lowest BCUT2D eigenvalue weighted by atomic mass is 10.0. The van der Waals surface area contributed by atoms with Crippen molar-refractivity contribution < 1.29 is 18.7 Å². The van der Waals surface area contributed by atoms with Crippen LogP contribution in [0.25, 0.3) is 16.8 Å². The fourth-order valence-electron chi connectivity index (χ4n) is 3.24. The lowest BCUT2D eigenvalue weighted by molar-refractivity contribution is -0.112. The lowest BCUT2D eigenvalue weighted by Gasteiger charge is -2.08. The van der Waals surface area contributed by atoms with Gasteiger partial charge >= 0.3 is 5.97 Å². The summed E-state index contributed by atoms with van der Waals surface area (Å²) >= 11 is 0. The molecule has 4 aromatic carbocycles. The van der Waals surface area contributed by atoms with Crippen molar-refractivity contribution in [3.63, 3.8) is 0 Å². The van der Waals surface area contributed by atoms with Crippen molar-refractivity contribution in [2.45, 2.75) is 0 Å². The molecule has 0 radical (unpaired) electrons. The molecule has 0 saturated heterocycles. The molecular formula is C27H17FN2O3. The van der Waals surface area contributed by atoms with Gasteiger partial charge in [0, 0.05) is 5.69 Å². The van der Waals surface area contributed by atoms with Gasteiger partial charge in [0.25, 0.3) is 5.91 Å². The summed E-state index contributed by atoms with van der Waals surface area (Å²) in [6.07, 6.45) is 1.41. The number of nitriles is 1. The number of nitrogens with zero attached hydrogens (tertiary/aromatic N) is 1. The molecule has 4 rings (SSSR count). The number of esters is 1. The number of ether oxygens (including phenoxy) is 1. The highest BCUT2D eigenvalue weighted by molar-refractivity contribution is 6.09. The molecule has 0 fully saturated rings. The Balaban J connectivity index is 1.47. The zero-order valence-electron chi connectivity index (χ0n) is 17.3. The van der Waals surface area contributed by atoms with Gasteiger partial charge in [0.2, 0.25) is 0 Å². The molecule has 0 spiro atoms. The highest BCUT2D eigenvalue weighted by Crippen LogP contribution is 2.22. The quantitative estimate of drug-likeness (QED) is 0.187. The molecule has 4 aromatic rings. The number of hydrogen-bond acceptors (Lipinski definition) is 4. The smallest absolute Gasteiger partial charge is 0.344 e. The predicted molar refractivity (Wildman–Crippen MR) is 124 cm³/mol. The van der Waals surface area contributed by atoms with Crippen molar-refractivity contribution in [2.24, 2.45) is 0 Å². The van der Waals surface area contributed by atoms with Crippen molar-refractivity contribution in [3.05, 3.63) is 114 Å². The first-order chi connectivity index (χ1) is 16.0. The number of rotatable bonds is 5. The van der Waals surface area contributed by atoms with Gasteiger partial charge in [-0.05, 0) is 64.9 Å². The van der Waals surface area contributed by atoms with Crippen LogP contribution in [0, 0.1) is 17.1 Å². The Morgan fingerprint density at radius 1 is 0.879 bits per heavy atom. The number of hydrogen-bond donors (Lipinski definition) is 1. The third-order valence-electron chi connectivity index (χ3n) is 4.88. The third-order valence-corrected chi connectivity index (χ3v) is 4.88. The molecule has 5 nitrogen and oxygen atoms in total. The van der Waals surface area contributed by atoms with E-state index >= 15 is 0 Å². The van der Waals surface area contributed by atoms with Gasteiger partial charge < -0.3 is 10.1 Å². The summed E-state index contributed by atoms with van der Waals surface area (Å²) in [6.45, 7) is 0. The fourth-order valence-corrected chi connectivity index (χ4v) is 3.24. The van der Waals surface area contributed by atoms with Crippen LogP contribution >= 0.6 is 0 Å². The number of carbonyl (C=O) groups is 2. The normalized spacial score (nSPS) is 11.0. The van der Waals surface area contributed by atoms with Gasteiger partial charge in [-0.2, -0.15) is 5.26 Å². The van der Waals surface area contributed by atoms with Gasteiger partial charge in [-0.25, -0.2) is 9.18 Å². The second-order valence-corrected chi connectivity index (χ2v) is 7.12. The van der Waals surface area contributed by atoms with Crippen LogP contribution in [0.1, 0.15) is 15.9 Å². The predicted octanol–water partition coefficient (Wildman–Crippen LogP) is 5.74. The van der Waals surface area contributed by atoms with Crippen molar-refractivity contribution in [3.8, 4) is 11.8 Å². The van der Waals surface area contributed by atoms with Crippen molar-refractivity contribution in [2.75, 3.05) is 5.32 Å². The largest absolute Gasteiger partial charge is 0.423 e. The van der Waals surface area contributed by atoms with Crippen LogP contribution in [-0.2, 0) is 4.79 Å². The van der Waals surface area contributed by atoms with E-state index in [1.807, 2.05) is 36.4 Å². The van der Waals surface area contributed by atoms with Gasteiger partial charge in [-0.1, -0.05) is 48.5 Å². The van der Waals surface area contributed by atoms with Crippen LogP contribution in [0.2, 0.25) is 0 Å². The van der Waals surface area contributed by atoms with Crippen molar-refractivity contribution in [1.82, 2.24) is 0 Å². The van der Waals surface area contributed by atoms with E-state index in [2.05, 4.69) is 5.32 Å². The molecule has 0 heterocycles. The van der Waals surface area contributed by atoms with E-state index in [0.717, 1.165) is 10.8 Å². The average molecular weight is 436 g/mol. The van der Waals surface area contributed by atoms with Crippen LogP contribution in [0.4, 0.5) is 10.1 Å². The second-order valence-electron chi connectivity index (χ2n) is 7.12. The SMILES string of the molecule is N#C/C(=C/c1ccc(OC(=O)c2cccc3ccccc23)cc1)C(=O)Nc1ccc(F)cc1. The Morgan fingerprint density at radius 3 is 2.30 bits per heavy atom. The monoisotopic (exact) mass is 436 g/mol. The van der Waals surface area contributed by atoms with E-state index in [-0.39, 0.29) is 5.57 Å². The van der Waals surface area contributed by atoms with Gasteiger partial charge in [-0.15, -0.1) is 0 Å². The number of nitrogens with one attached hydrogen (secondary N) is 1. The molecule has 0 atom stereocenters. The maximum Gasteiger partial charge on any atom is 0.344 e. The van der Waals surface area contributed by atoms with Gasteiger partial charge in [-0.3, -0.25) is 4.79 Å². The number of carbonyl (C=O) groups excluding carboxylic acids is 2. The third kappa shape index (κ3) is 5.12. The minimum Gasteiger partial charge on any atom is -0.423 e. The molecule has 0 saturated carbocycles. The lowest BCUT2D eigenvalue weighted by Crippen LogP contribution is -2.13. The summed E-state index contributed by atoms with van der Waals surface area (Å²) in [7, 11) is 0. The Kier molecular flexibility index (Phi) is 6.24. The Hall–Kier alpha value is -4.76. The first-order valence-electron chi connectivity index (χ1n) is 10.0. The van der Waals surface area contributed by atoms with Gasteiger partial charge in [0.15, 0.2) is 0 Å². The van der Waals surface area contributed by atoms with E-state index in [9.17, 15) is 19.2 Å². The molecule has 1 amide bonds. The van der Waals surface area contributed by atoms with Crippen LogP contribution in [0.15, 0.2) is 96.6 Å². The Morgan fingerprint density at radius 2 is 1.58 bits per heavy atom. The fraction of sp³-hybridized carbons (Fsp3) is 0. The zero-order valence-corrected chi connectivity index (χ0v) is 17.3. The highest BCUT2D eigenvalue weighted by atomic mass is 19.1. The summed E-state index contributed by atoms with van der Waals surface area (Å²) in [4.78, 5) is 25.0. The number of benzene rings is 4. The number of halogens is 1. The zero-order chi connectivity index (χ0) is 23.2. The van der Waals surface area contributed by atoms with E-state index in [0.29, 0.717) is 22.6 Å². The number of anilines is 1. The van der Waals surface area contributed by atoms with Crippen LogP contribution in [0.3, 0.4) is 0 Å². The average Bonchev–Trinajstić information content (AvgIpc) is 2.84. The van der Waals surface area contributed by atoms with E-state index in [1.165, 1.54) is 30.3 Å². The molecular weight excluding hydrogens is 419 g/mol. The van der Waals surface area contributed by atoms with Gasteiger partial charge in [0.05, 0.1) is 5.56 Å². The summed E-state index contributed by atoms with van der Waals surface area (Å²) in [5.74, 6) is -1.19. The molecule has 0 aromatic heterocycles. The number of fused-ring (bicyclic) bond motifs is 1. The summed E-state index contributed by atoms with van der Waals surface area (Å²) in [6, 6.07) is 26.5. The maximum absolute atomic E-state index is 13.0. The van der Waals surface area contributed by atoms with E-state index in [1.54, 1.807) is 36.4 Å². The van der Waals surface area contributed by atoms with Crippen LogP contribution < -0.4 is 10.1 Å². The van der Waals surface area contributed by atoms with Crippen molar-refractivity contribution >= 4 is 34.4 Å². The molecule has 0 unspecified atom stereocenters. The van der Waals surface area contributed by atoms with Gasteiger partial charge in [0.1, 0.15) is 23.2 Å². The molecule has 6 heteroatoms. The Bertz CT molecular complexity index is 1400. The number of amides is 1. The van der Waals surface area contributed by atoms with E-state index in [4.69, 9.17) is 4.74 Å². The highest BCUT2D eigenvalue weighted by Gasteiger charge is 2.13. The summed E-state index contributed by atoms with van der Waals surface area (Å²) in [5.41, 5.74) is 1.28. The topological polar surface area (TPSA) is 79.2 Å². The molecule has 0 bridgehead atoms. The van der Waals surface area contributed by atoms with Crippen LogP contribution in [-0.4, -0.2) is 11.9 Å². The minimum absolute atomic E-state index is 0.125. The molecule has 160 valence electrons. The minimum atomic E-state index is -0.615. The second kappa shape index (κ2) is 9.58. The molecule has 33 heavy (non-hydrogen) atoms. The first kappa shape index (κ1) is 21.5. The van der Waals surface area contributed by atoms with Crippen molar-refractivity contribution in [1.29, 1.82) is 5.26 Å². The van der Waals surface area contributed by atoms with Crippen LogP contribution in [0.5, 0.6) is 5.75 Å². The standard InChI is InChI=1S/C27H17FN2O3/c28-21-10-12-22(13-11-21)30-26(31)20(17-29)16-18-8-14-23(15-9-18)33-27(32)25-7-3-5-19-4-1-2-6-24(19)25/h1-16H,(H,30,31)/b20-16-. The summed E-state index contributed by atoms with van der Waals surface area (Å²) in [5, 5.41) is 13.6.